The third kappa shape index (κ3) is 18.7. The molecular weight excluding hydrogens is 616 g/mol. The average Bonchev–Trinajstić information content (AvgIpc) is 3.55. The molecule has 2 saturated heterocycles. The Morgan fingerprint density at radius 1 is 0.848 bits per heavy atom. The SMILES string of the molecule is CC(C)(C)OC(=O)NCCCC[C@H](N)C(=O)NCCCOCCOCCOCCCNC(=O)CCCC[C@@H]1SC[C@@H]2NC(=O)N[C@@H]21. The summed E-state index contributed by atoms with van der Waals surface area (Å²) in [5, 5.41) is 14.8. The molecule has 2 rings (SSSR count). The van der Waals surface area contributed by atoms with Gasteiger partial charge in [0.15, 0.2) is 0 Å². The second-order valence-corrected chi connectivity index (χ2v) is 13.9. The number of alkyl carbamates (subject to hydrolysis) is 1. The first-order valence-corrected chi connectivity index (χ1v) is 17.8. The van der Waals surface area contributed by atoms with E-state index in [9.17, 15) is 19.2 Å². The molecule has 2 fully saturated rings. The van der Waals surface area contributed by atoms with E-state index in [0.717, 1.165) is 37.9 Å². The van der Waals surface area contributed by atoms with E-state index in [1.807, 2.05) is 32.5 Å². The summed E-state index contributed by atoms with van der Waals surface area (Å²) in [4.78, 5) is 47.2. The van der Waals surface area contributed by atoms with Crippen molar-refractivity contribution in [3.05, 3.63) is 0 Å². The highest BCUT2D eigenvalue weighted by molar-refractivity contribution is 8.00. The molecular formula is C31H58N6O8S. The summed E-state index contributed by atoms with van der Waals surface area (Å²) in [5.41, 5.74) is 5.42. The summed E-state index contributed by atoms with van der Waals surface area (Å²) >= 11 is 1.90. The fraction of sp³-hybridized carbons (Fsp3) is 0.871. The highest BCUT2D eigenvalue weighted by Crippen LogP contribution is 2.33. The Morgan fingerprint density at radius 2 is 1.48 bits per heavy atom. The maximum absolute atomic E-state index is 12.1. The first kappa shape index (κ1) is 39.8. The van der Waals surface area contributed by atoms with E-state index in [1.54, 1.807) is 0 Å². The van der Waals surface area contributed by atoms with Gasteiger partial charge in [-0.3, -0.25) is 9.59 Å². The number of fused-ring (bicyclic) bond motifs is 1. The Bertz CT molecular complexity index is 909. The lowest BCUT2D eigenvalue weighted by atomic mass is 10.0. The van der Waals surface area contributed by atoms with Crippen LogP contribution in [0, 0.1) is 0 Å². The first-order chi connectivity index (χ1) is 22.0. The molecule has 4 atom stereocenters. The molecule has 2 aliphatic heterocycles. The van der Waals surface area contributed by atoms with Crippen LogP contribution in [0.5, 0.6) is 0 Å². The lowest BCUT2D eigenvalue weighted by molar-refractivity contribution is -0.122. The topological polar surface area (TPSA) is 191 Å². The van der Waals surface area contributed by atoms with Crippen LogP contribution in [0.4, 0.5) is 9.59 Å². The molecule has 15 heteroatoms. The van der Waals surface area contributed by atoms with Crippen molar-refractivity contribution >= 4 is 35.7 Å². The van der Waals surface area contributed by atoms with Gasteiger partial charge in [-0.2, -0.15) is 11.8 Å². The van der Waals surface area contributed by atoms with Crippen molar-refractivity contribution in [2.24, 2.45) is 5.73 Å². The molecule has 5 amide bonds. The molecule has 7 N–H and O–H groups in total. The zero-order chi connectivity index (χ0) is 33.6. The van der Waals surface area contributed by atoms with E-state index in [2.05, 4.69) is 26.6 Å². The molecule has 0 radical (unpaired) electrons. The number of urea groups is 1. The smallest absolute Gasteiger partial charge is 0.407 e. The highest BCUT2D eigenvalue weighted by atomic mass is 32.2. The van der Waals surface area contributed by atoms with Crippen molar-refractivity contribution in [1.82, 2.24) is 26.6 Å². The minimum atomic E-state index is -0.579. The van der Waals surface area contributed by atoms with E-state index in [-0.39, 0.29) is 29.9 Å². The van der Waals surface area contributed by atoms with E-state index in [0.29, 0.717) is 90.2 Å². The van der Waals surface area contributed by atoms with Gasteiger partial charge in [0.2, 0.25) is 11.8 Å². The summed E-state index contributed by atoms with van der Waals surface area (Å²) in [5.74, 6) is 0.843. The predicted octanol–water partition coefficient (Wildman–Crippen LogP) is 1.80. The maximum Gasteiger partial charge on any atom is 0.407 e. The van der Waals surface area contributed by atoms with Crippen LogP contribution in [-0.4, -0.2) is 118 Å². The van der Waals surface area contributed by atoms with E-state index in [1.165, 1.54) is 0 Å². The van der Waals surface area contributed by atoms with Gasteiger partial charge in [0, 0.05) is 50.3 Å². The largest absolute Gasteiger partial charge is 0.444 e. The third-order valence-electron chi connectivity index (χ3n) is 7.32. The molecule has 0 bridgehead atoms. The molecule has 0 aromatic carbocycles. The molecule has 0 spiro atoms. The van der Waals surface area contributed by atoms with Gasteiger partial charge in [-0.1, -0.05) is 6.42 Å². The Labute approximate surface area is 278 Å². The van der Waals surface area contributed by atoms with Crippen molar-refractivity contribution in [2.75, 3.05) is 65.0 Å². The fourth-order valence-electron chi connectivity index (χ4n) is 4.95. The Hall–Kier alpha value is -2.33. The monoisotopic (exact) mass is 674 g/mol. The van der Waals surface area contributed by atoms with Gasteiger partial charge in [-0.15, -0.1) is 0 Å². The minimum absolute atomic E-state index is 0.0615. The van der Waals surface area contributed by atoms with Crippen molar-refractivity contribution in [2.45, 2.75) is 108 Å². The van der Waals surface area contributed by atoms with Crippen LogP contribution in [0.1, 0.15) is 78.6 Å². The van der Waals surface area contributed by atoms with Crippen LogP contribution in [-0.2, 0) is 28.5 Å². The molecule has 0 saturated carbocycles. The van der Waals surface area contributed by atoms with Gasteiger partial charge < -0.3 is 51.3 Å². The molecule has 14 nitrogen and oxygen atoms in total. The fourth-order valence-corrected chi connectivity index (χ4v) is 6.49. The summed E-state index contributed by atoms with van der Waals surface area (Å²) in [6, 6.07) is -0.172. The lowest BCUT2D eigenvalue weighted by Gasteiger charge is -2.19. The van der Waals surface area contributed by atoms with Crippen molar-refractivity contribution in [3.8, 4) is 0 Å². The summed E-state index contributed by atoms with van der Waals surface area (Å²) in [7, 11) is 0. The van der Waals surface area contributed by atoms with E-state index in [4.69, 9.17) is 24.7 Å². The number of amides is 5. The number of rotatable bonds is 25. The number of nitrogens with two attached hydrogens (primary N) is 1. The second kappa shape index (κ2) is 23.1. The Balaban J connectivity index is 1.26. The Morgan fingerprint density at radius 3 is 2.15 bits per heavy atom. The number of hydrogen-bond acceptors (Lipinski definition) is 10. The number of unbranched alkanes of at least 4 members (excludes halogenated alkanes) is 2. The number of nitrogens with one attached hydrogen (secondary N) is 5. The molecule has 0 aromatic heterocycles. The molecule has 46 heavy (non-hydrogen) atoms. The van der Waals surface area contributed by atoms with Gasteiger partial charge in [-0.25, -0.2) is 9.59 Å². The van der Waals surface area contributed by atoms with Crippen molar-refractivity contribution in [3.63, 3.8) is 0 Å². The van der Waals surface area contributed by atoms with Gasteiger partial charge in [0.1, 0.15) is 5.60 Å². The van der Waals surface area contributed by atoms with Crippen LogP contribution in [0.15, 0.2) is 0 Å². The lowest BCUT2D eigenvalue weighted by Crippen LogP contribution is -2.41. The molecule has 0 aliphatic carbocycles. The summed E-state index contributed by atoms with van der Waals surface area (Å²) < 4.78 is 21.8. The van der Waals surface area contributed by atoms with Crippen molar-refractivity contribution in [1.29, 1.82) is 0 Å². The highest BCUT2D eigenvalue weighted by Gasteiger charge is 2.42. The molecule has 0 unspecified atom stereocenters. The van der Waals surface area contributed by atoms with E-state index >= 15 is 0 Å². The normalized spacial score (nSPS) is 19.6. The van der Waals surface area contributed by atoms with Crippen LogP contribution < -0.4 is 32.3 Å². The number of thioether (sulfide) groups is 1. The third-order valence-corrected chi connectivity index (χ3v) is 8.83. The van der Waals surface area contributed by atoms with Crippen LogP contribution in [0.25, 0.3) is 0 Å². The number of hydrogen-bond donors (Lipinski definition) is 6. The van der Waals surface area contributed by atoms with Gasteiger partial charge in [0.25, 0.3) is 0 Å². The summed E-state index contributed by atoms with van der Waals surface area (Å²) in [6.07, 6.45) is 6.33. The zero-order valence-corrected chi connectivity index (χ0v) is 28.8. The van der Waals surface area contributed by atoms with Crippen molar-refractivity contribution < 1.29 is 38.1 Å². The summed E-state index contributed by atoms with van der Waals surface area (Å²) in [6.45, 7) is 9.94. The number of carbonyl (C=O) groups is 4. The quantitative estimate of drug-likeness (QED) is 0.0615. The first-order valence-electron chi connectivity index (χ1n) is 16.7. The van der Waals surface area contributed by atoms with Gasteiger partial charge in [-0.05, 0) is 65.7 Å². The average molecular weight is 675 g/mol. The molecule has 0 aromatic rings. The van der Waals surface area contributed by atoms with Crippen LogP contribution in [0.2, 0.25) is 0 Å². The minimum Gasteiger partial charge on any atom is -0.444 e. The molecule has 266 valence electrons. The standard InChI is InChI=1S/C31H58N6O8S/c1-31(2,3)45-30(41)35-13-7-6-10-23(32)28(39)34-15-9-17-43-19-21-44-20-18-42-16-8-14-33-26(38)12-5-4-11-25-27-24(22-46-25)36-29(40)37-27/h23-25,27H,4-22,32H2,1-3H3,(H,33,38)(H,34,39)(H,35,41)(H2,36,37,40)/t23-,24-,25-,27-/m0/s1. The number of carbonyl (C=O) groups excluding carboxylic acids is 4. The van der Waals surface area contributed by atoms with Gasteiger partial charge in [0.05, 0.1) is 44.6 Å². The van der Waals surface area contributed by atoms with Crippen LogP contribution in [0.3, 0.4) is 0 Å². The molecule has 2 heterocycles. The predicted molar refractivity (Wildman–Crippen MR) is 178 cm³/mol. The zero-order valence-electron chi connectivity index (χ0n) is 28.0. The number of ether oxygens (including phenoxy) is 4. The molecule has 2 aliphatic rings. The van der Waals surface area contributed by atoms with E-state index < -0.39 is 17.7 Å². The van der Waals surface area contributed by atoms with Crippen LogP contribution >= 0.6 is 11.8 Å². The van der Waals surface area contributed by atoms with Gasteiger partial charge >= 0.3 is 12.1 Å². The maximum atomic E-state index is 12.1. The second-order valence-electron chi connectivity index (χ2n) is 12.6. The Kier molecular flexibility index (Phi) is 20.0.